The minimum atomic E-state index is 0.119. The van der Waals surface area contributed by atoms with Gasteiger partial charge in [0.2, 0.25) is 0 Å². The van der Waals surface area contributed by atoms with Crippen molar-refractivity contribution in [2.24, 2.45) is 0 Å². The Labute approximate surface area is 151 Å². The van der Waals surface area contributed by atoms with Crippen molar-refractivity contribution in [3.8, 4) is 0 Å². The van der Waals surface area contributed by atoms with Crippen LogP contribution in [0, 0.1) is 6.92 Å². The highest BCUT2D eigenvalue weighted by Gasteiger charge is 2.22. The molecule has 0 radical (unpaired) electrons. The lowest BCUT2D eigenvalue weighted by Gasteiger charge is -2.31. The van der Waals surface area contributed by atoms with Gasteiger partial charge in [-0.1, -0.05) is 0 Å². The number of thiazole rings is 1. The second-order valence-electron chi connectivity index (χ2n) is 6.07. The van der Waals surface area contributed by atoms with Gasteiger partial charge in [-0.2, -0.15) is 0 Å². The van der Waals surface area contributed by atoms with E-state index in [1.807, 2.05) is 43.1 Å². The van der Waals surface area contributed by atoms with Crippen LogP contribution in [0.4, 0.5) is 0 Å². The zero-order valence-corrected chi connectivity index (χ0v) is 15.8. The summed E-state index contributed by atoms with van der Waals surface area (Å²) in [4.78, 5) is 20.2. The van der Waals surface area contributed by atoms with Crippen LogP contribution in [0.15, 0.2) is 34.5 Å². The summed E-state index contributed by atoms with van der Waals surface area (Å²) < 4.78 is 0. The van der Waals surface area contributed by atoms with Crippen molar-refractivity contribution in [1.29, 1.82) is 0 Å². The Morgan fingerprint density at radius 2 is 2.04 bits per heavy atom. The molecule has 1 N–H and O–H groups in total. The first-order chi connectivity index (χ1) is 11.6. The molecule has 1 saturated heterocycles. The molecule has 4 nitrogen and oxygen atoms in total. The number of carbonyl (C=O) groups is 1. The summed E-state index contributed by atoms with van der Waals surface area (Å²) in [7, 11) is 1.92. The molecule has 128 valence electrons. The number of nitrogens with one attached hydrogen (secondary N) is 1. The highest BCUT2D eigenvalue weighted by molar-refractivity contribution is 7.98. The quantitative estimate of drug-likeness (QED) is 0.827. The first-order valence-corrected chi connectivity index (χ1v) is 10.1. The number of thioether (sulfide) groups is 1. The third-order valence-corrected chi connectivity index (χ3v) is 6.20. The fourth-order valence-electron chi connectivity index (χ4n) is 2.89. The summed E-state index contributed by atoms with van der Waals surface area (Å²) in [5.41, 5.74) is 1.89. The molecule has 1 aromatic heterocycles. The predicted octanol–water partition coefficient (Wildman–Crippen LogP) is 3.57. The molecule has 1 aromatic carbocycles. The first-order valence-electron chi connectivity index (χ1n) is 8.25. The summed E-state index contributed by atoms with van der Waals surface area (Å²) in [5.74, 6) is 0.987. The number of piperidine rings is 1. The maximum atomic E-state index is 12.6. The summed E-state index contributed by atoms with van der Waals surface area (Å²) in [6.07, 6.45) is 2.06. The standard InChI is InChI=1S/C18H23N3OS2/c1-13-20-15(11-23-13)12-24-17-5-3-14(4-6-17)18(22)21(2)16-7-9-19-10-8-16/h3-6,11,16,19H,7-10,12H2,1-2H3. The Hall–Kier alpha value is -1.37. The van der Waals surface area contributed by atoms with Crippen LogP contribution in [-0.2, 0) is 5.75 Å². The number of carbonyl (C=O) groups excluding carboxylic acids is 1. The highest BCUT2D eigenvalue weighted by atomic mass is 32.2. The molecular formula is C18H23N3OS2. The van der Waals surface area contributed by atoms with Gasteiger partial charge in [0.25, 0.3) is 5.91 Å². The van der Waals surface area contributed by atoms with Gasteiger partial charge in [-0.3, -0.25) is 4.79 Å². The molecule has 24 heavy (non-hydrogen) atoms. The van der Waals surface area contributed by atoms with Crippen LogP contribution >= 0.6 is 23.1 Å². The van der Waals surface area contributed by atoms with Gasteiger partial charge < -0.3 is 10.2 Å². The molecule has 6 heteroatoms. The normalized spacial score (nSPS) is 15.4. The van der Waals surface area contributed by atoms with E-state index in [2.05, 4.69) is 15.7 Å². The van der Waals surface area contributed by atoms with Crippen molar-refractivity contribution < 1.29 is 4.79 Å². The molecule has 0 spiro atoms. The molecule has 3 rings (SSSR count). The predicted molar refractivity (Wildman–Crippen MR) is 101 cm³/mol. The largest absolute Gasteiger partial charge is 0.339 e. The van der Waals surface area contributed by atoms with Gasteiger partial charge in [-0.25, -0.2) is 4.98 Å². The van der Waals surface area contributed by atoms with Crippen LogP contribution in [-0.4, -0.2) is 42.0 Å². The molecule has 1 fully saturated rings. The number of hydrogen-bond acceptors (Lipinski definition) is 5. The average Bonchev–Trinajstić information content (AvgIpc) is 3.05. The number of rotatable bonds is 5. The van der Waals surface area contributed by atoms with E-state index in [0.29, 0.717) is 6.04 Å². The molecule has 1 aliphatic rings. The second kappa shape index (κ2) is 8.14. The zero-order valence-electron chi connectivity index (χ0n) is 14.1. The van der Waals surface area contributed by atoms with Crippen LogP contribution in [0.25, 0.3) is 0 Å². The Morgan fingerprint density at radius 3 is 2.67 bits per heavy atom. The van der Waals surface area contributed by atoms with Crippen molar-refractivity contribution in [1.82, 2.24) is 15.2 Å². The lowest BCUT2D eigenvalue weighted by atomic mass is 10.0. The summed E-state index contributed by atoms with van der Waals surface area (Å²) in [5, 5.41) is 6.55. The minimum Gasteiger partial charge on any atom is -0.339 e. The Morgan fingerprint density at radius 1 is 1.33 bits per heavy atom. The number of aryl methyl sites for hydroxylation is 1. The third-order valence-electron chi connectivity index (χ3n) is 4.33. The lowest BCUT2D eigenvalue weighted by molar-refractivity contribution is 0.0703. The maximum absolute atomic E-state index is 12.6. The van der Waals surface area contributed by atoms with Crippen molar-refractivity contribution in [3.63, 3.8) is 0 Å². The lowest BCUT2D eigenvalue weighted by Crippen LogP contribution is -2.43. The van der Waals surface area contributed by atoms with Crippen LogP contribution in [0.2, 0.25) is 0 Å². The van der Waals surface area contributed by atoms with Crippen molar-refractivity contribution in [3.05, 3.63) is 45.9 Å². The van der Waals surface area contributed by atoms with Gasteiger partial charge in [0.1, 0.15) is 0 Å². The Balaban J connectivity index is 1.57. The van der Waals surface area contributed by atoms with E-state index in [1.165, 1.54) is 4.90 Å². The van der Waals surface area contributed by atoms with E-state index in [0.717, 1.165) is 47.9 Å². The van der Waals surface area contributed by atoms with Gasteiger partial charge in [0, 0.05) is 34.7 Å². The maximum Gasteiger partial charge on any atom is 0.253 e. The zero-order chi connectivity index (χ0) is 16.9. The summed E-state index contributed by atoms with van der Waals surface area (Å²) in [6.45, 7) is 4.01. The second-order valence-corrected chi connectivity index (χ2v) is 8.18. The van der Waals surface area contributed by atoms with Crippen LogP contribution in [0.3, 0.4) is 0 Å². The molecule has 1 aliphatic heterocycles. The molecule has 2 aromatic rings. The molecule has 0 aliphatic carbocycles. The van der Waals surface area contributed by atoms with E-state index in [-0.39, 0.29) is 5.91 Å². The number of hydrogen-bond donors (Lipinski definition) is 1. The first kappa shape index (κ1) is 17.5. The Kier molecular flexibility index (Phi) is 5.92. The van der Waals surface area contributed by atoms with E-state index >= 15 is 0 Å². The number of benzene rings is 1. The van der Waals surface area contributed by atoms with E-state index in [9.17, 15) is 4.79 Å². The number of nitrogens with zero attached hydrogens (tertiary/aromatic N) is 2. The van der Waals surface area contributed by atoms with E-state index in [1.54, 1.807) is 23.1 Å². The minimum absolute atomic E-state index is 0.119. The fourth-order valence-corrected chi connectivity index (χ4v) is 4.40. The summed E-state index contributed by atoms with van der Waals surface area (Å²) >= 11 is 3.44. The van der Waals surface area contributed by atoms with Gasteiger partial charge in [0.15, 0.2) is 0 Å². The molecule has 0 bridgehead atoms. The van der Waals surface area contributed by atoms with Crippen molar-refractivity contribution >= 4 is 29.0 Å². The number of amides is 1. The molecular weight excluding hydrogens is 338 g/mol. The van der Waals surface area contributed by atoms with Gasteiger partial charge in [-0.15, -0.1) is 23.1 Å². The van der Waals surface area contributed by atoms with Gasteiger partial charge in [0.05, 0.1) is 10.7 Å². The monoisotopic (exact) mass is 361 g/mol. The summed E-state index contributed by atoms with van der Waals surface area (Å²) in [6, 6.07) is 8.30. The smallest absolute Gasteiger partial charge is 0.253 e. The molecule has 1 amide bonds. The third kappa shape index (κ3) is 4.37. The van der Waals surface area contributed by atoms with Crippen LogP contribution < -0.4 is 5.32 Å². The molecule has 0 atom stereocenters. The van der Waals surface area contributed by atoms with E-state index < -0.39 is 0 Å². The topological polar surface area (TPSA) is 45.2 Å². The van der Waals surface area contributed by atoms with Gasteiger partial charge >= 0.3 is 0 Å². The molecule has 2 heterocycles. The van der Waals surface area contributed by atoms with Crippen LogP contribution in [0.1, 0.15) is 33.9 Å². The molecule has 0 saturated carbocycles. The van der Waals surface area contributed by atoms with Gasteiger partial charge in [-0.05, 0) is 57.1 Å². The number of aromatic nitrogens is 1. The molecule has 0 unspecified atom stereocenters. The fraction of sp³-hybridized carbons (Fsp3) is 0.444. The Bertz CT molecular complexity index is 678. The SMILES string of the molecule is Cc1nc(CSc2ccc(C(=O)N(C)C3CCNCC3)cc2)cs1. The highest BCUT2D eigenvalue weighted by Crippen LogP contribution is 2.24. The van der Waals surface area contributed by atoms with Crippen LogP contribution in [0.5, 0.6) is 0 Å². The average molecular weight is 362 g/mol. The van der Waals surface area contributed by atoms with Crippen molar-refractivity contribution in [2.45, 2.75) is 36.5 Å². The van der Waals surface area contributed by atoms with E-state index in [4.69, 9.17) is 0 Å². The van der Waals surface area contributed by atoms with Crippen molar-refractivity contribution in [2.75, 3.05) is 20.1 Å².